The third-order valence-corrected chi connectivity index (χ3v) is 2.05. The van der Waals surface area contributed by atoms with E-state index >= 15 is 0 Å². The van der Waals surface area contributed by atoms with Crippen molar-refractivity contribution in [1.82, 2.24) is 4.98 Å². The van der Waals surface area contributed by atoms with Crippen LogP contribution in [0, 0.1) is 6.92 Å². The zero-order valence-electron chi connectivity index (χ0n) is 9.14. The van der Waals surface area contributed by atoms with Gasteiger partial charge in [0.15, 0.2) is 0 Å². The lowest BCUT2D eigenvalue weighted by atomic mass is 10.2. The number of halogens is 3. The second-order valence-electron chi connectivity index (χ2n) is 3.59. The summed E-state index contributed by atoms with van der Waals surface area (Å²) in [6, 6.07) is 1.50. The van der Waals surface area contributed by atoms with Gasteiger partial charge in [-0.05, 0) is 18.6 Å². The molecule has 1 aromatic rings. The molecule has 1 heterocycles. The van der Waals surface area contributed by atoms with Crippen LogP contribution in [0.25, 0.3) is 0 Å². The number of pyridine rings is 1. The van der Waals surface area contributed by atoms with E-state index in [-0.39, 0.29) is 5.82 Å². The Morgan fingerprint density at radius 1 is 1.53 bits per heavy atom. The highest BCUT2D eigenvalue weighted by Crippen LogP contribution is 2.21. The first-order valence-electron chi connectivity index (χ1n) is 4.86. The summed E-state index contributed by atoms with van der Waals surface area (Å²) in [6.45, 7) is 1.71. The predicted molar refractivity (Wildman–Crippen MR) is 57.3 cm³/mol. The molecule has 0 saturated heterocycles. The summed E-state index contributed by atoms with van der Waals surface area (Å²) < 4.78 is 35.6. The summed E-state index contributed by atoms with van der Waals surface area (Å²) in [6.07, 6.45) is -4.75. The Kier molecular flexibility index (Phi) is 3.93. The van der Waals surface area contributed by atoms with Crippen LogP contribution in [0.4, 0.5) is 24.7 Å². The van der Waals surface area contributed by atoms with E-state index in [9.17, 15) is 18.0 Å². The van der Waals surface area contributed by atoms with Crippen molar-refractivity contribution in [2.75, 3.05) is 11.1 Å². The van der Waals surface area contributed by atoms with Crippen molar-refractivity contribution >= 4 is 17.4 Å². The van der Waals surface area contributed by atoms with Crippen molar-refractivity contribution in [2.45, 2.75) is 25.9 Å². The van der Waals surface area contributed by atoms with Crippen LogP contribution in [0.5, 0.6) is 0 Å². The van der Waals surface area contributed by atoms with E-state index in [1.165, 1.54) is 12.3 Å². The molecular weight excluding hydrogens is 235 g/mol. The van der Waals surface area contributed by atoms with Gasteiger partial charge in [0.1, 0.15) is 5.82 Å². The van der Waals surface area contributed by atoms with Gasteiger partial charge in [-0.3, -0.25) is 4.79 Å². The maximum Gasteiger partial charge on any atom is 0.389 e. The number of rotatable bonds is 3. The number of amides is 1. The van der Waals surface area contributed by atoms with Gasteiger partial charge in [-0.1, -0.05) is 0 Å². The van der Waals surface area contributed by atoms with Crippen LogP contribution in [0.1, 0.15) is 18.4 Å². The van der Waals surface area contributed by atoms with Gasteiger partial charge in [0.2, 0.25) is 5.91 Å². The zero-order chi connectivity index (χ0) is 13.1. The summed E-state index contributed by atoms with van der Waals surface area (Å²) in [7, 11) is 0. The minimum Gasteiger partial charge on any atom is -0.397 e. The standard InChI is InChI=1S/C10H12F3N3O/c1-6-4-8(15-5-7(6)14)16-9(17)2-3-10(11,12)13/h4-5H,2-3,14H2,1H3,(H,15,16,17). The number of aryl methyl sites for hydroxylation is 1. The molecule has 1 rings (SSSR count). The second kappa shape index (κ2) is 5.03. The number of nitrogens with two attached hydrogens (primary N) is 1. The van der Waals surface area contributed by atoms with Crippen molar-refractivity contribution in [3.63, 3.8) is 0 Å². The molecule has 0 atom stereocenters. The lowest BCUT2D eigenvalue weighted by Gasteiger charge is -2.08. The topological polar surface area (TPSA) is 68.0 Å². The van der Waals surface area contributed by atoms with Crippen molar-refractivity contribution in [3.8, 4) is 0 Å². The maximum atomic E-state index is 11.9. The van der Waals surface area contributed by atoms with Crippen LogP contribution in [-0.4, -0.2) is 17.1 Å². The van der Waals surface area contributed by atoms with Crippen molar-refractivity contribution in [1.29, 1.82) is 0 Å². The molecule has 1 aromatic heterocycles. The molecule has 0 aromatic carbocycles. The lowest BCUT2D eigenvalue weighted by molar-refractivity contribution is -0.142. The quantitative estimate of drug-likeness (QED) is 0.860. The third kappa shape index (κ3) is 4.71. The normalized spacial score (nSPS) is 11.3. The van der Waals surface area contributed by atoms with Gasteiger partial charge in [0, 0.05) is 6.42 Å². The van der Waals surface area contributed by atoms with E-state index in [2.05, 4.69) is 10.3 Å². The average Bonchev–Trinajstić information content (AvgIpc) is 2.20. The van der Waals surface area contributed by atoms with Crippen LogP contribution < -0.4 is 11.1 Å². The van der Waals surface area contributed by atoms with E-state index in [4.69, 9.17) is 5.73 Å². The average molecular weight is 247 g/mol. The number of nitrogens with one attached hydrogen (secondary N) is 1. The monoisotopic (exact) mass is 247 g/mol. The number of hydrogen-bond acceptors (Lipinski definition) is 3. The summed E-state index contributed by atoms with van der Waals surface area (Å²) in [4.78, 5) is 15.0. The van der Waals surface area contributed by atoms with Crippen molar-refractivity contribution in [3.05, 3.63) is 17.8 Å². The van der Waals surface area contributed by atoms with Crippen LogP contribution in [-0.2, 0) is 4.79 Å². The number of anilines is 2. The zero-order valence-corrected chi connectivity index (χ0v) is 9.14. The molecule has 7 heteroatoms. The number of aromatic nitrogens is 1. The highest BCUT2D eigenvalue weighted by molar-refractivity contribution is 5.89. The highest BCUT2D eigenvalue weighted by Gasteiger charge is 2.27. The molecule has 0 aliphatic heterocycles. The Balaban J connectivity index is 2.54. The maximum absolute atomic E-state index is 11.9. The van der Waals surface area contributed by atoms with Gasteiger partial charge in [-0.25, -0.2) is 4.98 Å². The van der Waals surface area contributed by atoms with Crippen LogP contribution in [0.2, 0.25) is 0 Å². The minimum absolute atomic E-state index is 0.198. The first-order chi connectivity index (χ1) is 7.78. The molecule has 0 radical (unpaired) electrons. The smallest absolute Gasteiger partial charge is 0.389 e. The van der Waals surface area contributed by atoms with Gasteiger partial charge in [-0.2, -0.15) is 13.2 Å². The Hall–Kier alpha value is -1.79. The number of hydrogen-bond donors (Lipinski definition) is 2. The first kappa shape index (κ1) is 13.3. The fourth-order valence-electron chi connectivity index (χ4n) is 1.10. The van der Waals surface area contributed by atoms with Gasteiger partial charge in [-0.15, -0.1) is 0 Å². The van der Waals surface area contributed by atoms with E-state index in [1.807, 2.05) is 0 Å². The van der Waals surface area contributed by atoms with Gasteiger partial charge in [0.05, 0.1) is 18.3 Å². The Bertz CT molecular complexity index is 418. The molecular formula is C10H12F3N3O. The fraction of sp³-hybridized carbons (Fsp3) is 0.400. The largest absolute Gasteiger partial charge is 0.397 e. The summed E-state index contributed by atoms with van der Waals surface area (Å²) in [5.74, 6) is -0.525. The number of nitrogen functional groups attached to an aromatic ring is 1. The second-order valence-corrected chi connectivity index (χ2v) is 3.59. The van der Waals surface area contributed by atoms with Crippen LogP contribution >= 0.6 is 0 Å². The summed E-state index contributed by atoms with van der Waals surface area (Å²) >= 11 is 0. The molecule has 3 N–H and O–H groups in total. The molecule has 0 unspecified atom stereocenters. The van der Waals surface area contributed by atoms with Crippen LogP contribution in [0.3, 0.4) is 0 Å². The number of nitrogens with zero attached hydrogens (tertiary/aromatic N) is 1. The molecule has 4 nitrogen and oxygen atoms in total. The highest BCUT2D eigenvalue weighted by atomic mass is 19.4. The Morgan fingerprint density at radius 2 is 2.18 bits per heavy atom. The molecule has 0 spiro atoms. The predicted octanol–water partition coefficient (Wildman–Crippen LogP) is 2.25. The minimum atomic E-state index is -4.33. The molecule has 17 heavy (non-hydrogen) atoms. The van der Waals surface area contributed by atoms with Crippen molar-refractivity contribution in [2.24, 2.45) is 0 Å². The van der Waals surface area contributed by atoms with Gasteiger partial charge in [0.25, 0.3) is 0 Å². The van der Waals surface area contributed by atoms with Gasteiger partial charge >= 0.3 is 6.18 Å². The molecule has 0 fully saturated rings. The number of carbonyl (C=O) groups excluding carboxylic acids is 1. The van der Waals surface area contributed by atoms with Crippen molar-refractivity contribution < 1.29 is 18.0 Å². The molecule has 0 aliphatic carbocycles. The Morgan fingerprint density at radius 3 is 2.71 bits per heavy atom. The molecule has 1 amide bonds. The van der Waals surface area contributed by atoms with E-state index in [1.54, 1.807) is 6.92 Å². The first-order valence-corrected chi connectivity index (χ1v) is 4.86. The fourth-order valence-corrected chi connectivity index (χ4v) is 1.10. The number of carbonyl (C=O) groups is 1. The lowest BCUT2D eigenvalue weighted by Crippen LogP contribution is -2.17. The Labute approximate surface area is 96.0 Å². The van der Waals surface area contributed by atoms with E-state index in [0.29, 0.717) is 11.3 Å². The van der Waals surface area contributed by atoms with E-state index in [0.717, 1.165) is 0 Å². The SMILES string of the molecule is Cc1cc(NC(=O)CCC(F)(F)F)ncc1N. The number of alkyl halides is 3. The van der Waals surface area contributed by atoms with Gasteiger partial charge < -0.3 is 11.1 Å². The molecule has 0 bridgehead atoms. The molecule has 94 valence electrons. The molecule has 0 saturated carbocycles. The third-order valence-electron chi connectivity index (χ3n) is 2.05. The van der Waals surface area contributed by atoms with E-state index < -0.39 is 24.9 Å². The summed E-state index contributed by atoms with van der Waals surface area (Å²) in [5, 5.41) is 2.28. The summed E-state index contributed by atoms with van der Waals surface area (Å²) in [5.41, 5.74) is 6.67. The molecule has 0 aliphatic rings. The van der Waals surface area contributed by atoms with Crippen LogP contribution in [0.15, 0.2) is 12.3 Å².